The first kappa shape index (κ1) is 37.9. The van der Waals surface area contributed by atoms with E-state index in [0.717, 1.165) is 44.9 Å². The Morgan fingerprint density at radius 2 is 1.39 bits per heavy atom. The van der Waals surface area contributed by atoms with Gasteiger partial charge in [0, 0.05) is 16.2 Å². The molecule has 0 fully saturated rings. The molecule has 0 N–H and O–H groups in total. The Labute approximate surface area is 371 Å². The van der Waals surface area contributed by atoms with Gasteiger partial charge in [0.2, 0.25) is 0 Å². The van der Waals surface area contributed by atoms with Crippen LogP contribution in [0.2, 0.25) is 0 Å². The summed E-state index contributed by atoms with van der Waals surface area (Å²) < 4.78 is 11.9. The van der Waals surface area contributed by atoms with Crippen molar-refractivity contribution in [1.82, 2.24) is 0 Å². The van der Waals surface area contributed by atoms with Crippen LogP contribution in [0.4, 0.5) is 0 Å². The van der Waals surface area contributed by atoms with Crippen molar-refractivity contribution in [3.8, 4) is 11.1 Å². The number of para-hydroxylation sites is 2. The number of rotatable bonds is 2. The maximum atomic E-state index is 6.26. The molecule has 8 aromatic rings. The SMILES string of the molecule is CC1(C)c2c[c-]ccc2-c2ccccc21.[C-]1=CC(c2ccccc2)=CC=CC1C1=c2oc3ccccc3c2=CCC=C1.[K+].[c-]1cccc2oc3ccccc3c12. The summed E-state index contributed by atoms with van der Waals surface area (Å²) in [6.45, 7) is 4.57. The average molecular weight is 747 g/mol. The van der Waals surface area contributed by atoms with Crippen molar-refractivity contribution >= 4 is 50.1 Å². The molecule has 3 aliphatic rings. The molecule has 2 heterocycles. The van der Waals surface area contributed by atoms with Crippen molar-refractivity contribution in [1.29, 1.82) is 0 Å². The van der Waals surface area contributed by atoms with Gasteiger partial charge < -0.3 is 8.83 Å². The Morgan fingerprint density at radius 3 is 2.25 bits per heavy atom. The summed E-state index contributed by atoms with van der Waals surface area (Å²) in [4.78, 5) is 0. The third kappa shape index (κ3) is 7.34. The third-order valence-electron chi connectivity index (χ3n) is 10.7. The van der Waals surface area contributed by atoms with Gasteiger partial charge in [-0.2, -0.15) is 29.8 Å². The molecular formula is C53H39KO2-2. The van der Waals surface area contributed by atoms with Gasteiger partial charge in [0.05, 0.1) is 5.58 Å². The minimum atomic E-state index is 0. The van der Waals surface area contributed by atoms with Crippen molar-refractivity contribution in [3.05, 3.63) is 222 Å². The van der Waals surface area contributed by atoms with Gasteiger partial charge in [-0.05, 0) is 40.7 Å². The Hall–Kier alpha value is -5.00. The fourth-order valence-electron chi connectivity index (χ4n) is 7.93. The molecule has 2 nitrogen and oxygen atoms in total. The summed E-state index contributed by atoms with van der Waals surface area (Å²) in [6, 6.07) is 53.8. The number of benzene rings is 6. The molecule has 0 spiro atoms. The van der Waals surface area contributed by atoms with Gasteiger partial charge in [0.25, 0.3) is 0 Å². The molecule has 0 radical (unpaired) electrons. The van der Waals surface area contributed by atoms with Crippen molar-refractivity contribution < 1.29 is 60.2 Å². The summed E-state index contributed by atoms with van der Waals surface area (Å²) in [5, 5.41) is 4.58. The molecule has 3 heteroatoms. The molecule has 0 saturated carbocycles. The Morgan fingerprint density at radius 1 is 0.679 bits per heavy atom. The van der Waals surface area contributed by atoms with Crippen LogP contribution >= 0.6 is 0 Å². The minimum absolute atomic E-state index is 0. The zero-order valence-electron chi connectivity index (χ0n) is 31.9. The molecule has 0 aliphatic heterocycles. The predicted octanol–water partition coefficient (Wildman–Crippen LogP) is 9.14. The number of allylic oxidation sites excluding steroid dienone is 8. The number of fused-ring (bicyclic) bond motifs is 9. The molecule has 3 aliphatic carbocycles. The van der Waals surface area contributed by atoms with Gasteiger partial charge in [-0.3, -0.25) is 6.08 Å². The zero-order chi connectivity index (χ0) is 37.2. The fourth-order valence-corrected chi connectivity index (χ4v) is 7.93. The van der Waals surface area contributed by atoms with Gasteiger partial charge >= 0.3 is 51.4 Å². The van der Waals surface area contributed by atoms with Gasteiger partial charge in [0.15, 0.2) is 0 Å². The fraction of sp³-hybridized carbons (Fsp3) is 0.0943. The zero-order valence-corrected chi connectivity index (χ0v) is 35.0. The monoisotopic (exact) mass is 746 g/mol. The summed E-state index contributed by atoms with van der Waals surface area (Å²) in [5.74, 6) is 0.0597. The van der Waals surface area contributed by atoms with Gasteiger partial charge in [-0.1, -0.05) is 152 Å². The van der Waals surface area contributed by atoms with Crippen LogP contribution in [-0.4, -0.2) is 0 Å². The maximum Gasteiger partial charge on any atom is 1.00 e. The Balaban J connectivity index is 0.000000128. The van der Waals surface area contributed by atoms with Crippen LogP contribution in [0.1, 0.15) is 37.0 Å². The van der Waals surface area contributed by atoms with Crippen LogP contribution in [0.3, 0.4) is 0 Å². The second-order valence-electron chi connectivity index (χ2n) is 14.5. The van der Waals surface area contributed by atoms with Crippen LogP contribution in [0.25, 0.3) is 61.3 Å². The molecule has 0 bridgehead atoms. The van der Waals surface area contributed by atoms with Crippen molar-refractivity contribution in [3.63, 3.8) is 0 Å². The quantitative estimate of drug-likeness (QED) is 0.130. The number of hydrogen-bond acceptors (Lipinski definition) is 2. The van der Waals surface area contributed by atoms with E-state index in [1.807, 2.05) is 60.7 Å². The van der Waals surface area contributed by atoms with E-state index in [2.05, 4.69) is 153 Å². The minimum Gasteiger partial charge on any atom is -0.510 e. The molecule has 11 rings (SSSR count). The van der Waals surface area contributed by atoms with E-state index in [4.69, 9.17) is 8.83 Å². The molecule has 1 atom stereocenters. The van der Waals surface area contributed by atoms with Crippen molar-refractivity contribution in [2.75, 3.05) is 0 Å². The summed E-state index contributed by atoms with van der Waals surface area (Å²) in [7, 11) is 0. The van der Waals surface area contributed by atoms with E-state index < -0.39 is 0 Å². The first-order valence-electron chi connectivity index (χ1n) is 18.9. The van der Waals surface area contributed by atoms with E-state index in [1.54, 1.807) is 0 Å². The first-order valence-corrected chi connectivity index (χ1v) is 18.9. The molecule has 0 saturated heterocycles. The molecule has 6 aromatic carbocycles. The molecule has 266 valence electrons. The van der Waals surface area contributed by atoms with Crippen LogP contribution in [-0.2, 0) is 5.41 Å². The van der Waals surface area contributed by atoms with Crippen molar-refractivity contribution in [2.45, 2.75) is 25.7 Å². The third-order valence-corrected chi connectivity index (χ3v) is 10.7. The summed E-state index contributed by atoms with van der Waals surface area (Å²) in [5.41, 5.74) is 13.0. The molecule has 1 unspecified atom stereocenters. The van der Waals surface area contributed by atoms with E-state index in [1.165, 1.54) is 44.0 Å². The Bertz CT molecular complexity index is 2830. The van der Waals surface area contributed by atoms with E-state index in [0.29, 0.717) is 0 Å². The standard InChI is InChI=1S/C26H19O.C15H13.C12H7O.K/c1-2-9-19(10-3-1)20-11-8-12-21(18-17-20)22-13-4-5-15-24-23-14-6-7-16-25(23)27-26(22)24;1-15(2)13-9-5-3-7-11(13)12-8-4-6-10-14(12)15;1-3-7-11-9(5-1)10-6-2-4-8-12(10)13-11;/h1-4,6-17,21H,5H2;3-5,7-10H,1-2H3;1-5,7-8H;/q3*-1;+1. The molecule has 0 amide bonds. The van der Waals surface area contributed by atoms with E-state index >= 15 is 0 Å². The van der Waals surface area contributed by atoms with Crippen LogP contribution in [0.5, 0.6) is 0 Å². The second-order valence-corrected chi connectivity index (χ2v) is 14.5. The van der Waals surface area contributed by atoms with Crippen LogP contribution in [0.15, 0.2) is 185 Å². The second kappa shape index (κ2) is 16.6. The van der Waals surface area contributed by atoms with Gasteiger partial charge in [0.1, 0.15) is 11.0 Å². The van der Waals surface area contributed by atoms with Crippen LogP contribution in [0, 0.1) is 24.1 Å². The van der Waals surface area contributed by atoms with Gasteiger partial charge in [-0.25, -0.2) is 6.08 Å². The summed E-state index contributed by atoms with van der Waals surface area (Å²) in [6.07, 6.45) is 19.7. The van der Waals surface area contributed by atoms with Crippen molar-refractivity contribution in [2.24, 2.45) is 5.92 Å². The van der Waals surface area contributed by atoms with Gasteiger partial charge in [-0.15, -0.1) is 47.0 Å². The Kier molecular flexibility index (Phi) is 11.2. The molecular weight excluding hydrogens is 708 g/mol. The average Bonchev–Trinajstić information content (AvgIpc) is 3.70. The topological polar surface area (TPSA) is 26.3 Å². The summed E-state index contributed by atoms with van der Waals surface area (Å²) >= 11 is 0. The predicted molar refractivity (Wildman–Crippen MR) is 227 cm³/mol. The maximum absolute atomic E-state index is 6.26. The smallest absolute Gasteiger partial charge is 0.510 e. The van der Waals surface area contributed by atoms with E-state index in [9.17, 15) is 0 Å². The molecule has 56 heavy (non-hydrogen) atoms. The normalized spacial score (nSPS) is 15.8. The number of hydrogen-bond donors (Lipinski definition) is 0. The van der Waals surface area contributed by atoms with Crippen LogP contribution < -0.4 is 62.0 Å². The van der Waals surface area contributed by atoms with E-state index in [-0.39, 0.29) is 62.7 Å². The largest absolute Gasteiger partial charge is 1.00 e. The first-order chi connectivity index (χ1) is 27.1. The molecule has 2 aromatic heterocycles. The number of furan rings is 2.